The summed E-state index contributed by atoms with van der Waals surface area (Å²) in [5.74, 6) is -0.0940. The number of thiophene rings is 1. The van der Waals surface area contributed by atoms with Crippen molar-refractivity contribution in [2.24, 2.45) is 5.92 Å². The Balaban J connectivity index is 1.18. The van der Waals surface area contributed by atoms with Gasteiger partial charge in [0, 0.05) is 35.9 Å². The van der Waals surface area contributed by atoms with E-state index in [4.69, 9.17) is 0 Å². The molecule has 2 N–H and O–H groups in total. The second kappa shape index (κ2) is 10.2. The predicted octanol–water partition coefficient (Wildman–Crippen LogP) is 4.17. The largest absolute Gasteiger partial charge is 0.387 e. The molecule has 0 bridgehead atoms. The summed E-state index contributed by atoms with van der Waals surface area (Å²) in [6.45, 7) is 1.26. The maximum atomic E-state index is 13.0. The summed E-state index contributed by atoms with van der Waals surface area (Å²) in [5.41, 5.74) is 2.42. The molecule has 3 aromatic heterocycles. The van der Waals surface area contributed by atoms with Crippen LogP contribution < -0.4 is 5.32 Å². The molecule has 4 heterocycles. The van der Waals surface area contributed by atoms with E-state index in [9.17, 15) is 14.7 Å². The lowest BCUT2D eigenvalue weighted by molar-refractivity contribution is 0.0474. The molecule has 1 unspecified atom stereocenters. The van der Waals surface area contributed by atoms with Crippen LogP contribution in [0, 0.1) is 5.92 Å². The van der Waals surface area contributed by atoms with Crippen molar-refractivity contribution in [2.45, 2.75) is 18.9 Å². The number of aliphatic hydroxyl groups is 1. The second-order valence-electron chi connectivity index (χ2n) is 8.51. The van der Waals surface area contributed by atoms with E-state index in [-0.39, 0.29) is 17.7 Å². The molecule has 1 aromatic carbocycles. The van der Waals surface area contributed by atoms with Crippen molar-refractivity contribution in [2.75, 3.05) is 18.4 Å². The van der Waals surface area contributed by atoms with Gasteiger partial charge in [0.05, 0.1) is 35.4 Å². The minimum atomic E-state index is -0.459. The van der Waals surface area contributed by atoms with Crippen molar-refractivity contribution in [1.82, 2.24) is 19.7 Å². The van der Waals surface area contributed by atoms with E-state index >= 15 is 0 Å². The van der Waals surface area contributed by atoms with Gasteiger partial charge in [-0.2, -0.15) is 5.10 Å². The van der Waals surface area contributed by atoms with Crippen molar-refractivity contribution in [3.63, 3.8) is 0 Å². The van der Waals surface area contributed by atoms with Gasteiger partial charge in [0.1, 0.15) is 0 Å². The van der Waals surface area contributed by atoms with E-state index in [0.717, 1.165) is 23.4 Å². The Morgan fingerprint density at radius 1 is 1.03 bits per heavy atom. The number of rotatable bonds is 6. The molecular weight excluding hydrogens is 462 g/mol. The van der Waals surface area contributed by atoms with Crippen LogP contribution >= 0.6 is 11.3 Å². The van der Waals surface area contributed by atoms with Crippen molar-refractivity contribution >= 4 is 28.8 Å². The lowest BCUT2D eigenvalue weighted by Gasteiger charge is -2.34. The molecule has 1 saturated heterocycles. The van der Waals surface area contributed by atoms with Crippen LogP contribution in [0.3, 0.4) is 0 Å². The number of carbonyl (C=O) groups is 2. The monoisotopic (exact) mass is 487 g/mol. The Labute approximate surface area is 206 Å². The maximum absolute atomic E-state index is 13.0. The quantitative estimate of drug-likeness (QED) is 0.425. The average molecular weight is 488 g/mol. The van der Waals surface area contributed by atoms with Gasteiger partial charge in [-0.25, -0.2) is 4.68 Å². The summed E-state index contributed by atoms with van der Waals surface area (Å²) >= 11 is 1.57. The highest BCUT2D eigenvalue weighted by atomic mass is 32.1. The normalized spacial score (nSPS) is 15.1. The molecule has 1 atom stereocenters. The SMILES string of the molecule is O=C(Nc1cnn(-c2ccc(C(=O)N3CCC(C(O)c4cccs4)CC3)cc2)c1)c1cccnc1. The van der Waals surface area contributed by atoms with E-state index in [0.29, 0.717) is 29.9 Å². The predicted molar refractivity (Wildman–Crippen MR) is 134 cm³/mol. The minimum absolute atomic E-state index is 0.00879. The fourth-order valence-electron chi connectivity index (χ4n) is 4.28. The Morgan fingerprint density at radius 3 is 2.51 bits per heavy atom. The zero-order valence-corrected chi connectivity index (χ0v) is 19.8. The van der Waals surface area contributed by atoms with Crippen LogP contribution in [0.1, 0.15) is 44.5 Å². The third-order valence-corrected chi connectivity index (χ3v) is 7.19. The Morgan fingerprint density at radius 2 is 1.83 bits per heavy atom. The molecule has 0 saturated carbocycles. The number of amides is 2. The number of hydrogen-bond donors (Lipinski definition) is 2. The van der Waals surface area contributed by atoms with Gasteiger partial charge in [-0.1, -0.05) is 6.07 Å². The highest BCUT2D eigenvalue weighted by molar-refractivity contribution is 7.10. The van der Waals surface area contributed by atoms with Crippen LogP contribution in [0.2, 0.25) is 0 Å². The van der Waals surface area contributed by atoms with E-state index in [1.807, 2.05) is 34.5 Å². The van der Waals surface area contributed by atoms with Crippen LogP contribution in [0.15, 0.2) is 78.7 Å². The van der Waals surface area contributed by atoms with E-state index in [2.05, 4.69) is 15.4 Å². The summed E-state index contributed by atoms with van der Waals surface area (Å²) < 4.78 is 1.64. The molecular formula is C26H25N5O3S. The first kappa shape index (κ1) is 22.9. The Kier molecular flexibility index (Phi) is 6.69. The highest BCUT2D eigenvalue weighted by Gasteiger charge is 2.29. The third kappa shape index (κ3) is 5.16. The first-order chi connectivity index (χ1) is 17.1. The number of benzene rings is 1. The third-order valence-electron chi connectivity index (χ3n) is 6.25. The fraction of sp³-hybridized carbons (Fsp3) is 0.231. The number of likely N-dealkylation sites (tertiary alicyclic amines) is 1. The van der Waals surface area contributed by atoms with Gasteiger partial charge in [0.2, 0.25) is 0 Å². The molecule has 4 aromatic rings. The van der Waals surface area contributed by atoms with E-state index in [1.54, 1.807) is 58.9 Å². The first-order valence-corrected chi connectivity index (χ1v) is 12.3. The van der Waals surface area contributed by atoms with Crippen molar-refractivity contribution < 1.29 is 14.7 Å². The van der Waals surface area contributed by atoms with Crippen LogP contribution in [0.25, 0.3) is 5.69 Å². The number of piperidine rings is 1. The summed E-state index contributed by atoms with van der Waals surface area (Å²) in [6, 6.07) is 14.6. The van der Waals surface area contributed by atoms with Crippen LogP contribution in [0.5, 0.6) is 0 Å². The summed E-state index contributed by atoms with van der Waals surface area (Å²) in [4.78, 5) is 32.1. The maximum Gasteiger partial charge on any atom is 0.257 e. The van der Waals surface area contributed by atoms with E-state index in [1.165, 1.54) is 6.20 Å². The van der Waals surface area contributed by atoms with Gasteiger partial charge in [0.25, 0.3) is 11.8 Å². The first-order valence-electron chi connectivity index (χ1n) is 11.5. The number of anilines is 1. The number of hydrogen-bond acceptors (Lipinski definition) is 6. The zero-order valence-electron chi connectivity index (χ0n) is 18.9. The second-order valence-corrected chi connectivity index (χ2v) is 9.49. The fourth-order valence-corrected chi connectivity index (χ4v) is 5.08. The van der Waals surface area contributed by atoms with Gasteiger partial charge in [-0.15, -0.1) is 11.3 Å². The molecule has 8 nitrogen and oxygen atoms in total. The lowest BCUT2D eigenvalue weighted by Crippen LogP contribution is -2.39. The van der Waals surface area contributed by atoms with Gasteiger partial charge in [0.15, 0.2) is 0 Å². The molecule has 9 heteroatoms. The Hall–Kier alpha value is -3.82. The smallest absolute Gasteiger partial charge is 0.257 e. The lowest BCUT2D eigenvalue weighted by atomic mass is 9.90. The summed E-state index contributed by atoms with van der Waals surface area (Å²) in [7, 11) is 0. The van der Waals surface area contributed by atoms with Crippen LogP contribution in [0.4, 0.5) is 5.69 Å². The molecule has 2 amide bonds. The number of carbonyl (C=O) groups excluding carboxylic acids is 2. The molecule has 0 radical (unpaired) electrons. The molecule has 35 heavy (non-hydrogen) atoms. The van der Waals surface area contributed by atoms with Gasteiger partial charge in [-0.3, -0.25) is 14.6 Å². The zero-order chi connectivity index (χ0) is 24.2. The molecule has 178 valence electrons. The molecule has 1 aliphatic heterocycles. The summed E-state index contributed by atoms with van der Waals surface area (Å²) in [5, 5.41) is 19.7. The van der Waals surface area contributed by atoms with Crippen molar-refractivity contribution in [1.29, 1.82) is 0 Å². The average Bonchev–Trinajstić information content (AvgIpc) is 3.61. The minimum Gasteiger partial charge on any atom is -0.387 e. The number of pyridine rings is 1. The Bertz CT molecular complexity index is 1280. The van der Waals surface area contributed by atoms with Crippen LogP contribution in [-0.2, 0) is 0 Å². The number of aliphatic hydroxyl groups excluding tert-OH is 1. The van der Waals surface area contributed by atoms with E-state index < -0.39 is 6.10 Å². The number of nitrogens with zero attached hydrogens (tertiary/aromatic N) is 4. The number of nitrogens with one attached hydrogen (secondary N) is 1. The molecule has 1 fully saturated rings. The van der Waals surface area contributed by atoms with Gasteiger partial charge in [-0.05, 0) is 66.6 Å². The van der Waals surface area contributed by atoms with Gasteiger partial charge < -0.3 is 15.3 Å². The van der Waals surface area contributed by atoms with Crippen molar-refractivity contribution in [3.8, 4) is 5.69 Å². The topological polar surface area (TPSA) is 100 Å². The van der Waals surface area contributed by atoms with Crippen molar-refractivity contribution in [3.05, 3.63) is 94.7 Å². The highest BCUT2D eigenvalue weighted by Crippen LogP contribution is 2.33. The van der Waals surface area contributed by atoms with Gasteiger partial charge >= 0.3 is 0 Å². The molecule has 5 rings (SSSR count). The summed E-state index contributed by atoms with van der Waals surface area (Å²) in [6.07, 6.45) is 7.51. The molecule has 1 aliphatic rings. The molecule has 0 aliphatic carbocycles. The number of aromatic nitrogens is 3. The molecule has 0 spiro atoms. The van der Waals surface area contributed by atoms with Crippen LogP contribution in [-0.4, -0.2) is 49.7 Å². The standard InChI is InChI=1S/C26H25N5O3S/c32-24(23-4-2-14-35-23)18-9-12-30(13-10-18)26(34)19-5-7-22(8-6-19)31-17-21(16-28-31)29-25(33)20-3-1-11-27-15-20/h1-8,11,14-18,24,32H,9-10,12-13H2,(H,29,33).